The monoisotopic (exact) mass is 451 g/mol. The normalized spacial score (nSPS) is 19.5. The van der Waals surface area contributed by atoms with Crippen LogP contribution in [0.5, 0.6) is 0 Å². The maximum Gasteiger partial charge on any atom is 0.244 e. The molecule has 0 aromatic carbocycles. The van der Waals surface area contributed by atoms with Gasteiger partial charge in [0.05, 0.1) is 0 Å². The summed E-state index contributed by atoms with van der Waals surface area (Å²) in [7, 11) is 0. The lowest BCUT2D eigenvalue weighted by atomic mass is 10.1. The van der Waals surface area contributed by atoms with Crippen molar-refractivity contribution in [1.82, 2.24) is 20.4 Å². The number of likely N-dealkylation sites (tertiary alicyclic amines) is 2. The maximum absolute atomic E-state index is 12.2. The van der Waals surface area contributed by atoms with Crippen LogP contribution in [-0.4, -0.2) is 74.0 Å². The lowest BCUT2D eigenvalue weighted by Gasteiger charge is -2.27. The Hall–Kier alpha value is -0.570. The maximum atomic E-state index is 12.2. The number of nitrogens with zero attached hydrogens (tertiary/aromatic N) is 3. The van der Waals surface area contributed by atoms with Crippen molar-refractivity contribution < 1.29 is 4.79 Å². The van der Waals surface area contributed by atoms with Gasteiger partial charge in [0.1, 0.15) is 6.54 Å². The lowest BCUT2D eigenvalue weighted by Crippen LogP contribution is -2.43. The molecule has 0 atom stereocenters. The number of piperidine rings is 2. The summed E-state index contributed by atoms with van der Waals surface area (Å²) in [6.45, 7) is 9.25. The fraction of sp³-hybridized carbons (Fsp3) is 0.882. The average molecular weight is 451 g/mol. The molecule has 6 nitrogen and oxygen atoms in total. The molecule has 0 unspecified atom stereocenters. The molecule has 0 saturated carbocycles. The van der Waals surface area contributed by atoms with Crippen LogP contribution in [0.3, 0.4) is 0 Å². The van der Waals surface area contributed by atoms with Crippen molar-refractivity contribution in [2.45, 2.75) is 45.4 Å². The molecule has 0 aromatic heterocycles. The van der Waals surface area contributed by atoms with E-state index in [1.165, 1.54) is 38.8 Å². The van der Waals surface area contributed by atoms with Crippen LogP contribution in [0.25, 0.3) is 0 Å². The summed E-state index contributed by atoms with van der Waals surface area (Å²) in [6, 6.07) is 0. The van der Waals surface area contributed by atoms with Gasteiger partial charge in [-0.15, -0.1) is 24.0 Å². The quantitative estimate of drug-likeness (QED) is 0.367. The van der Waals surface area contributed by atoms with E-state index in [0.29, 0.717) is 0 Å². The van der Waals surface area contributed by atoms with E-state index >= 15 is 0 Å². The molecule has 7 heteroatoms. The molecular weight excluding hydrogens is 417 g/mol. The van der Waals surface area contributed by atoms with E-state index in [9.17, 15) is 4.79 Å². The Balaban J connectivity index is 0.00000288. The molecule has 0 bridgehead atoms. The predicted octanol–water partition coefficient (Wildman–Crippen LogP) is 1.66. The number of nitrogens with one attached hydrogen (secondary N) is 2. The van der Waals surface area contributed by atoms with E-state index < -0.39 is 0 Å². The third kappa shape index (κ3) is 8.00. The zero-order valence-electron chi connectivity index (χ0n) is 15.1. The fourth-order valence-corrected chi connectivity index (χ4v) is 3.25. The molecule has 0 radical (unpaired) electrons. The summed E-state index contributed by atoms with van der Waals surface area (Å²) in [6.07, 6.45) is 7.50. The van der Waals surface area contributed by atoms with Gasteiger partial charge in [-0.05, 0) is 52.1 Å². The zero-order valence-corrected chi connectivity index (χ0v) is 17.4. The standard InChI is InChI=1S/C17H33N5O.HI/c1-2-18-17(19-9-14-21-10-5-3-6-11-21)20-15-16(23)22-12-7-4-8-13-22;/h2-15H2,1H3,(H2,18,19,20);1H. The van der Waals surface area contributed by atoms with E-state index in [4.69, 9.17) is 0 Å². The van der Waals surface area contributed by atoms with E-state index in [2.05, 4.69) is 20.5 Å². The van der Waals surface area contributed by atoms with Crippen molar-refractivity contribution in [3.8, 4) is 0 Å². The molecule has 2 heterocycles. The van der Waals surface area contributed by atoms with Crippen molar-refractivity contribution in [3.63, 3.8) is 0 Å². The van der Waals surface area contributed by atoms with Gasteiger partial charge >= 0.3 is 0 Å². The first kappa shape index (κ1) is 21.5. The number of hydrogen-bond donors (Lipinski definition) is 2. The number of amides is 1. The highest BCUT2D eigenvalue weighted by molar-refractivity contribution is 14.0. The molecule has 2 fully saturated rings. The minimum Gasteiger partial charge on any atom is -0.357 e. The van der Waals surface area contributed by atoms with Gasteiger partial charge in [0.2, 0.25) is 5.91 Å². The van der Waals surface area contributed by atoms with Gasteiger partial charge in [0.15, 0.2) is 5.96 Å². The number of carbonyl (C=O) groups is 1. The zero-order chi connectivity index (χ0) is 16.3. The second-order valence-electron chi connectivity index (χ2n) is 6.47. The number of rotatable bonds is 6. The summed E-state index contributed by atoms with van der Waals surface area (Å²) < 4.78 is 0. The molecule has 2 N–H and O–H groups in total. The number of carbonyl (C=O) groups excluding carboxylic acids is 1. The van der Waals surface area contributed by atoms with E-state index in [1.54, 1.807) is 0 Å². The second kappa shape index (κ2) is 12.7. The average Bonchev–Trinajstić information content (AvgIpc) is 2.61. The molecule has 140 valence electrons. The molecule has 1 amide bonds. The summed E-state index contributed by atoms with van der Waals surface area (Å²) in [5.74, 6) is 0.910. The summed E-state index contributed by atoms with van der Waals surface area (Å²) >= 11 is 0. The van der Waals surface area contributed by atoms with Crippen molar-refractivity contribution in [2.75, 3.05) is 52.4 Å². The minimum absolute atomic E-state index is 0. The molecule has 2 aliphatic heterocycles. The third-order valence-electron chi connectivity index (χ3n) is 4.59. The number of guanidine groups is 1. The van der Waals surface area contributed by atoms with Gasteiger partial charge in [0, 0.05) is 32.7 Å². The molecular formula is C17H34IN5O. The summed E-state index contributed by atoms with van der Waals surface area (Å²) in [4.78, 5) is 21.1. The van der Waals surface area contributed by atoms with Crippen LogP contribution in [0, 0.1) is 0 Å². The van der Waals surface area contributed by atoms with Crippen molar-refractivity contribution in [1.29, 1.82) is 0 Å². The first-order chi connectivity index (χ1) is 11.3. The Morgan fingerprint density at radius 3 is 2.21 bits per heavy atom. The number of halogens is 1. The number of aliphatic imine (C=N–C) groups is 1. The Morgan fingerprint density at radius 2 is 1.58 bits per heavy atom. The Bertz CT molecular complexity index is 379. The molecule has 0 aliphatic carbocycles. The van der Waals surface area contributed by atoms with Gasteiger partial charge in [-0.25, -0.2) is 4.99 Å². The van der Waals surface area contributed by atoms with Gasteiger partial charge < -0.3 is 20.4 Å². The summed E-state index contributed by atoms with van der Waals surface area (Å²) in [5.41, 5.74) is 0. The highest BCUT2D eigenvalue weighted by Gasteiger charge is 2.16. The largest absolute Gasteiger partial charge is 0.357 e. The Labute approximate surface area is 163 Å². The minimum atomic E-state index is 0. The molecule has 0 spiro atoms. The van der Waals surface area contributed by atoms with E-state index in [1.807, 2.05) is 11.8 Å². The van der Waals surface area contributed by atoms with Gasteiger partial charge in [0.25, 0.3) is 0 Å². The molecule has 2 saturated heterocycles. The van der Waals surface area contributed by atoms with Crippen LogP contribution in [0.15, 0.2) is 4.99 Å². The predicted molar refractivity (Wildman–Crippen MR) is 110 cm³/mol. The highest BCUT2D eigenvalue weighted by atomic mass is 127. The fourth-order valence-electron chi connectivity index (χ4n) is 3.25. The van der Waals surface area contributed by atoms with Gasteiger partial charge in [-0.1, -0.05) is 6.42 Å². The van der Waals surface area contributed by atoms with Gasteiger partial charge in [-0.3, -0.25) is 4.79 Å². The Morgan fingerprint density at radius 1 is 0.958 bits per heavy atom. The van der Waals surface area contributed by atoms with Crippen molar-refractivity contribution in [3.05, 3.63) is 0 Å². The van der Waals surface area contributed by atoms with Crippen LogP contribution >= 0.6 is 24.0 Å². The third-order valence-corrected chi connectivity index (χ3v) is 4.59. The first-order valence-corrected chi connectivity index (χ1v) is 9.32. The summed E-state index contributed by atoms with van der Waals surface area (Å²) in [5, 5.41) is 6.58. The van der Waals surface area contributed by atoms with Crippen LogP contribution in [0.2, 0.25) is 0 Å². The van der Waals surface area contributed by atoms with Crippen LogP contribution in [-0.2, 0) is 4.79 Å². The first-order valence-electron chi connectivity index (χ1n) is 9.32. The second-order valence-corrected chi connectivity index (χ2v) is 6.47. The lowest BCUT2D eigenvalue weighted by molar-refractivity contribution is -0.130. The van der Waals surface area contributed by atoms with Crippen LogP contribution in [0.4, 0.5) is 0 Å². The van der Waals surface area contributed by atoms with E-state index in [0.717, 1.165) is 51.5 Å². The molecule has 2 aliphatic rings. The van der Waals surface area contributed by atoms with Crippen molar-refractivity contribution >= 4 is 35.8 Å². The smallest absolute Gasteiger partial charge is 0.244 e. The van der Waals surface area contributed by atoms with Crippen LogP contribution < -0.4 is 10.6 Å². The molecule has 2 rings (SSSR count). The molecule has 0 aromatic rings. The topological polar surface area (TPSA) is 60.0 Å². The Kier molecular flexibility index (Phi) is 11.4. The molecule has 24 heavy (non-hydrogen) atoms. The number of hydrogen-bond acceptors (Lipinski definition) is 3. The van der Waals surface area contributed by atoms with E-state index in [-0.39, 0.29) is 36.4 Å². The van der Waals surface area contributed by atoms with Crippen molar-refractivity contribution in [2.24, 2.45) is 4.99 Å². The van der Waals surface area contributed by atoms with Crippen LogP contribution in [0.1, 0.15) is 45.4 Å². The van der Waals surface area contributed by atoms with Gasteiger partial charge in [-0.2, -0.15) is 0 Å². The SMILES string of the molecule is CCNC(=NCC(=O)N1CCCCC1)NCCN1CCCCC1.I. The highest BCUT2D eigenvalue weighted by Crippen LogP contribution is 2.09.